The van der Waals surface area contributed by atoms with E-state index in [-0.39, 0.29) is 19.8 Å². The molecule has 1 unspecified atom stereocenters. The summed E-state index contributed by atoms with van der Waals surface area (Å²) in [4.78, 5) is 21.9. The Morgan fingerprint density at radius 1 is 1.43 bits per heavy atom. The second kappa shape index (κ2) is 7.14. The fourth-order valence-electron chi connectivity index (χ4n) is 0.683. The van der Waals surface area contributed by atoms with Crippen molar-refractivity contribution in [3.63, 3.8) is 0 Å². The molecule has 0 aliphatic rings. The molecular weight excluding hydrogens is 190 g/mol. The largest absolute Gasteiger partial charge is 0.464 e. The number of carbonyl (C=O) groups excluding carboxylic acids is 2. The quantitative estimate of drug-likeness (QED) is 0.599. The fraction of sp³-hybridized carbons (Fsp3) is 0.750. The van der Waals surface area contributed by atoms with Crippen LogP contribution in [0.5, 0.6) is 0 Å². The third-order valence-electron chi connectivity index (χ3n) is 1.30. The molecule has 0 aromatic heterocycles. The molecule has 6 nitrogen and oxygen atoms in total. The lowest BCUT2D eigenvalue weighted by Gasteiger charge is -2.12. The van der Waals surface area contributed by atoms with Crippen LogP contribution in [-0.4, -0.2) is 43.0 Å². The number of nitrogens with one attached hydrogen (secondary N) is 1. The average Bonchev–Trinajstić information content (AvgIpc) is 2.15. The number of aliphatic hydroxyl groups is 1. The zero-order valence-corrected chi connectivity index (χ0v) is 8.28. The van der Waals surface area contributed by atoms with Gasteiger partial charge in [0.1, 0.15) is 12.6 Å². The van der Waals surface area contributed by atoms with Crippen LogP contribution in [0.2, 0.25) is 0 Å². The highest BCUT2D eigenvalue weighted by Crippen LogP contribution is 1.89. The monoisotopic (exact) mass is 205 g/mol. The van der Waals surface area contributed by atoms with Gasteiger partial charge in [-0.15, -0.1) is 0 Å². The Kier molecular flexibility index (Phi) is 6.47. The number of carbonyl (C=O) groups is 2. The molecule has 0 saturated carbocycles. The first-order valence-electron chi connectivity index (χ1n) is 4.32. The maximum Gasteiger partial charge on any atom is 0.407 e. The number of ether oxygens (including phenoxy) is 2. The summed E-state index contributed by atoms with van der Waals surface area (Å²) in [5.74, 6) is -0.520. The lowest BCUT2D eigenvalue weighted by molar-refractivity contribution is -0.145. The topological polar surface area (TPSA) is 84.9 Å². The van der Waals surface area contributed by atoms with Crippen molar-refractivity contribution in [3.05, 3.63) is 0 Å². The van der Waals surface area contributed by atoms with Gasteiger partial charge in [-0.25, -0.2) is 9.59 Å². The smallest absolute Gasteiger partial charge is 0.407 e. The van der Waals surface area contributed by atoms with Crippen LogP contribution in [0.3, 0.4) is 0 Å². The highest BCUT2D eigenvalue weighted by atomic mass is 16.6. The highest BCUT2D eigenvalue weighted by molar-refractivity contribution is 5.80. The van der Waals surface area contributed by atoms with Crippen LogP contribution in [-0.2, 0) is 14.3 Å². The van der Waals surface area contributed by atoms with Crippen molar-refractivity contribution in [1.82, 2.24) is 5.32 Å². The van der Waals surface area contributed by atoms with Gasteiger partial charge in [0.25, 0.3) is 0 Å². The van der Waals surface area contributed by atoms with Crippen LogP contribution in [0.4, 0.5) is 4.79 Å². The van der Waals surface area contributed by atoms with Crippen molar-refractivity contribution >= 4 is 12.1 Å². The predicted octanol–water partition coefficient (Wildman–Crippen LogP) is -0.343. The molecule has 14 heavy (non-hydrogen) atoms. The molecule has 0 rings (SSSR count). The number of amides is 1. The van der Waals surface area contributed by atoms with Crippen LogP contribution < -0.4 is 5.32 Å². The van der Waals surface area contributed by atoms with E-state index in [4.69, 9.17) is 5.11 Å². The Hall–Kier alpha value is -1.30. The molecule has 1 amide bonds. The molecule has 0 aliphatic carbocycles. The highest BCUT2D eigenvalue weighted by Gasteiger charge is 2.16. The molecule has 0 aliphatic heterocycles. The third-order valence-corrected chi connectivity index (χ3v) is 1.30. The van der Waals surface area contributed by atoms with Gasteiger partial charge in [-0.05, 0) is 13.8 Å². The van der Waals surface area contributed by atoms with Crippen molar-refractivity contribution in [2.24, 2.45) is 0 Å². The van der Waals surface area contributed by atoms with E-state index in [1.54, 1.807) is 6.92 Å². The summed E-state index contributed by atoms with van der Waals surface area (Å²) in [6, 6.07) is -0.749. The summed E-state index contributed by atoms with van der Waals surface area (Å²) in [6.07, 6.45) is -0.750. The molecule has 0 saturated heterocycles. The Labute approximate surface area is 82.2 Å². The Morgan fingerprint density at radius 2 is 2.07 bits per heavy atom. The summed E-state index contributed by atoms with van der Waals surface area (Å²) >= 11 is 0. The Bertz CT molecular complexity index is 194. The molecule has 0 aromatic carbocycles. The minimum Gasteiger partial charge on any atom is -0.464 e. The molecule has 0 radical (unpaired) electrons. The third kappa shape index (κ3) is 5.36. The Balaban J connectivity index is 3.75. The van der Waals surface area contributed by atoms with Gasteiger partial charge in [0.05, 0.1) is 13.2 Å². The van der Waals surface area contributed by atoms with E-state index in [0.717, 1.165) is 0 Å². The number of hydrogen-bond donors (Lipinski definition) is 2. The fourth-order valence-corrected chi connectivity index (χ4v) is 0.683. The van der Waals surface area contributed by atoms with Crippen molar-refractivity contribution in [1.29, 1.82) is 0 Å². The average molecular weight is 205 g/mol. The van der Waals surface area contributed by atoms with E-state index in [1.807, 2.05) is 0 Å². The van der Waals surface area contributed by atoms with Crippen molar-refractivity contribution < 1.29 is 24.2 Å². The first kappa shape index (κ1) is 12.7. The zero-order valence-electron chi connectivity index (χ0n) is 8.28. The predicted molar refractivity (Wildman–Crippen MR) is 47.7 cm³/mol. The van der Waals surface area contributed by atoms with Gasteiger partial charge < -0.3 is 19.9 Å². The van der Waals surface area contributed by atoms with Crippen LogP contribution in [0.25, 0.3) is 0 Å². The van der Waals surface area contributed by atoms with Gasteiger partial charge in [0, 0.05) is 0 Å². The zero-order chi connectivity index (χ0) is 11.0. The molecule has 1 atom stereocenters. The molecule has 6 heteroatoms. The molecule has 0 spiro atoms. The van der Waals surface area contributed by atoms with Gasteiger partial charge in [-0.2, -0.15) is 0 Å². The minimum absolute atomic E-state index is 0.0959. The minimum atomic E-state index is -0.750. The molecule has 0 fully saturated rings. The number of alkyl carbamates (subject to hydrolysis) is 1. The molecule has 0 aromatic rings. The first-order valence-corrected chi connectivity index (χ1v) is 4.32. The summed E-state index contributed by atoms with van der Waals surface area (Å²) in [5.41, 5.74) is 0. The van der Waals surface area contributed by atoms with E-state index in [1.165, 1.54) is 6.92 Å². The van der Waals surface area contributed by atoms with Crippen LogP contribution in [0.15, 0.2) is 0 Å². The number of aliphatic hydroxyl groups excluding tert-OH is 1. The Morgan fingerprint density at radius 3 is 2.57 bits per heavy atom. The molecule has 82 valence electrons. The first-order chi connectivity index (χ1) is 6.61. The van der Waals surface area contributed by atoms with Crippen molar-refractivity contribution in [3.8, 4) is 0 Å². The van der Waals surface area contributed by atoms with Crippen molar-refractivity contribution in [2.45, 2.75) is 19.9 Å². The summed E-state index contributed by atoms with van der Waals surface area (Å²) < 4.78 is 9.13. The van der Waals surface area contributed by atoms with Crippen molar-refractivity contribution in [2.75, 3.05) is 19.8 Å². The van der Waals surface area contributed by atoms with Gasteiger partial charge in [0.2, 0.25) is 0 Å². The maximum absolute atomic E-state index is 11.0. The van der Waals surface area contributed by atoms with Crippen LogP contribution >= 0.6 is 0 Å². The van der Waals surface area contributed by atoms with E-state index in [0.29, 0.717) is 0 Å². The second-order valence-electron chi connectivity index (χ2n) is 2.48. The molecule has 0 bridgehead atoms. The lowest BCUT2D eigenvalue weighted by Crippen LogP contribution is -2.40. The second-order valence-corrected chi connectivity index (χ2v) is 2.48. The van der Waals surface area contributed by atoms with Gasteiger partial charge >= 0.3 is 12.1 Å². The molecular formula is C8H15NO5. The number of rotatable bonds is 5. The lowest BCUT2D eigenvalue weighted by atomic mass is 10.3. The van der Waals surface area contributed by atoms with Gasteiger partial charge in [-0.3, -0.25) is 0 Å². The molecule has 2 N–H and O–H groups in total. The van der Waals surface area contributed by atoms with Crippen LogP contribution in [0, 0.1) is 0 Å². The van der Waals surface area contributed by atoms with Crippen LogP contribution in [0.1, 0.15) is 13.8 Å². The standard InChI is InChI=1S/C8H15NO5/c1-3-13-7(11)6(2)9-8(12)14-5-4-10/h6,10H,3-5H2,1-2H3,(H,9,12). The molecule has 0 heterocycles. The summed E-state index contributed by atoms with van der Waals surface area (Å²) in [6.45, 7) is 3.08. The number of esters is 1. The van der Waals surface area contributed by atoms with E-state index in [2.05, 4.69) is 14.8 Å². The number of hydrogen-bond acceptors (Lipinski definition) is 5. The maximum atomic E-state index is 11.0. The normalized spacial score (nSPS) is 11.6. The SMILES string of the molecule is CCOC(=O)C(C)NC(=O)OCCO. The van der Waals surface area contributed by atoms with E-state index >= 15 is 0 Å². The van der Waals surface area contributed by atoms with Gasteiger partial charge in [0.15, 0.2) is 0 Å². The summed E-state index contributed by atoms with van der Waals surface area (Å²) in [7, 11) is 0. The van der Waals surface area contributed by atoms with E-state index < -0.39 is 18.1 Å². The van der Waals surface area contributed by atoms with E-state index in [9.17, 15) is 9.59 Å². The summed E-state index contributed by atoms with van der Waals surface area (Å²) in [5, 5.41) is 10.6. The van der Waals surface area contributed by atoms with Gasteiger partial charge in [-0.1, -0.05) is 0 Å².